The van der Waals surface area contributed by atoms with E-state index in [0.29, 0.717) is 17.9 Å². The number of hydrogen-bond acceptors (Lipinski definition) is 5. The van der Waals surface area contributed by atoms with Crippen molar-refractivity contribution in [3.05, 3.63) is 82.9 Å². The van der Waals surface area contributed by atoms with Crippen LogP contribution < -0.4 is 9.47 Å². The molecule has 0 N–H and O–H groups in total. The van der Waals surface area contributed by atoms with E-state index in [1.807, 2.05) is 7.05 Å². The minimum atomic E-state index is -4.43. The molecule has 0 saturated carbocycles. The molecule has 0 bridgehead atoms. The predicted octanol–water partition coefficient (Wildman–Crippen LogP) is 5.49. The highest BCUT2D eigenvalue weighted by Gasteiger charge is 2.30. The van der Waals surface area contributed by atoms with Gasteiger partial charge in [0.2, 0.25) is 9.84 Å². The monoisotopic (exact) mass is 513 g/mol. The van der Waals surface area contributed by atoms with Crippen molar-refractivity contribution in [3.63, 3.8) is 0 Å². The van der Waals surface area contributed by atoms with E-state index < -0.39 is 21.6 Å². The van der Waals surface area contributed by atoms with Crippen molar-refractivity contribution in [2.75, 3.05) is 14.2 Å². The molecule has 34 heavy (non-hydrogen) atoms. The van der Waals surface area contributed by atoms with Gasteiger partial charge in [0.1, 0.15) is 23.0 Å². The van der Waals surface area contributed by atoms with Gasteiger partial charge in [-0.2, -0.15) is 13.2 Å². The second-order valence-electron chi connectivity index (χ2n) is 7.91. The Kier molecular flexibility index (Phi) is 7.50. The summed E-state index contributed by atoms with van der Waals surface area (Å²) >= 11 is 0. The van der Waals surface area contributed by atoms with Crippen molar-refractivity contribution in [3.8, 4) is 11.5 Å². The second kappa shape index (κ2) is 9.85. The van der Waals surface area contributed by atoms with Crippen molar-refractivity contribution in [2.24, 2.45) is 0 Å². The summed E-state index contributed by atoms with van der Waals surface area (Å²) in [5.74, 6) is 0.628. The normalized spacial score (nSPS) is 13.8. The highest BCUT2D eigenvalue weighted by Crippen LogP contribution is 2.36. The third-order valence-corrected chi connectivity index (χ3v) is 7.24. The predicted molar refractivity (Wildman–Crippen MR) is 123 cm³/mol. The lowest BCUT2D eigenvalue weighted by Crippen LogP contribution is -2.07. The molecule has 0 atom stereocenters. The summed E-state index contributed by atoms with van der Waals surface area (Å²) in [7, 11) is -0.459. The van der Waals surface area contributed by atoms with E-state index in [1.165, 1.54) is 43.5 Å². The van der Waals surface area contributed by atoms with Gasteiger partial charge in [0.15, 0.2) is 0 Å². The fourth-order valence-corrected chi connectivity index (χ4v) is 5.24. The molecule has 0 saturated heterocycles. The molecule has 1 heterocycles. The summed E-state index contributed by atoms with van der Waals surface area (Å²) in [6.07, 6.45) is -4.43. The van der Waals surface area contributed by atoms with E-state index in [4.69, 9.17) is 9.47 Å². The Morgan fingerprint density at radius 1 is 0.971 bits per heavy atom. The lowest BCUT2D eigenvalue weighted by molar-refractivity contribution is -0.137. The Hall–Kier alpha value is -2.75. The molecule has 0 fully saturated rings. The standard InChI is InChI=1S/C24H22F3NO4S.ClH/c1-28-13-17-11-22(31-2)23(12-18(17)14-28)33(29,30)21-8-6-20(7-9-21)32-15-16-4-3-5-19(10-16)24(25,26)27;/h3-12H,13-15H2,1-2H3;1H. The van der Waals surface area contributed by atoms with Gasteiger partial charge in [-0.05, 0) is 72.3 Å². The van der Waals surface area contributed by atoms with Crippen LogP contribution in [0.3, 0.4) is 0 Å². The van der Waals surface area contributed by atoms with Crippen molar-refractivity contribution in [1.82, 2.24) is 4.90 Å². The summed E-state index contributed by atoms with van der Waals surface area (Å²) in [4.78, 5) is 2.24. The molecule has 3 aromatic carbocycles. The number of ether oxygens (including phenoxy) is 2. The van der Waals surface area contributed by atoms with Gasteiger partial charge < -0.3 is 9.47 Å². The third-order valence-electron chi connectivity index (χ3n) is 5.45. The van der Waals surface area contributed by atoms with Crippen LogP contribution in [0.15, 0.2) is 70.5 Å². The number of rotatable bonds is 6. The number of fused-ring (bicyclic) bond motifs is 1. The van der Waals surface area contributed by atoms with Gasteiger partial charge in [-0.3, -0.25) is 4.90 Å². The van der Waals surface area contributed by atoms with E-state index in [9.17, 15) is 21.6 Å². The molecule has 182 valence electrons. The van der Waals surface area contributed by atoms with E-state index in [2.05, 4.69) is 4.90 Å². The quantitative estimate of drug-likeness (QED) is 0.436. The zero-order valence-electron chi connectivity index (χ0n) is 18.4. The molecule has 0 unspecified atom stereocenters. The largest absolute Gasteiger partial charge is 0.495 e. The van der Waals surface area contributed by atoms with E-state index >= 15 is 0 Å². The first-order valence-electron chi connectivity index (χ1n) is 10.1. The summed E-state index contributed by atoms with van der Waals surface area (Å²) in [6, 6.07) is 14.1. The molecule has 10 heteroatoms. The Morgan fingerprint density at radius 2 is 1.62 bits per heavy atom. The maximum atomic E-state index is 13.3. The van der Waals surface area contributed by atoms with Crippen LogP contribution in [0.4, 0.5) is 13.2 Å². The first kappa shape index (κ1) is 25.9. The second-order valence-corrected chi connectivity index (χ2v) is 9.82. The molecule has 5 nitrogen and oxygen atoms in total. The van der Waals surface area contributed by atoms with Crippen molar-refractivity contribution in [1.29, 1.82) is 0 Å². The highest BCUT2D eigenvalue weighted by molar-refractivity contribution is 7.91. The highest BCUT2D eigenvalue weighted by atomic mass is 35.5. The Balaban J connectivity index is 0.00000324. The zero-order chi connectivity index (χ0) is 23.8. The van der Waals surface area contributed by atoms with Gasteiger partial charge in [0.05, 0.1) is 17.6 Å². The molecular weight excluding hydrogens is 491 g/mol. The summed E-state index contributed by atoms with van der Waals surface area (Å²) < 4.78 is 76.1. The van der Waals surface area contributed by atoms with Crippen LogP contribution in [-0.2, 0) is 35.7 Å². The topological polar surface area (TPSA) is 55.8 Å². The van der Waals surface area contributed by atoms with E-state index in [0.717, 1.165) is 29.8 Å². The Labute approximate surface area is 202 Å². The minimum absolute atomic E-state index is 0. The van der Waals surface area contributed by atoms with Crippen LogP contribution in [0.2, 0.25) is 0 Å². The molecule has 1 aliphatic heterocycles. The lowest BCUT2D eigenvalue weighted by Gasteiger charge is -2.13. The Morgan fingerprint density at radius 3 is 2.24 bits per heavy atom. The number of halogens is 4. The van der Waals surface area contributed by atoms with Crippen molar-refractivity contribution >= 4 is 22.2 Å². The number of benzene rings is 3. The smallest absolute Gasteiger partial charge is 0.416 e. The molecule has 0 aliphatic carbocycles. The van der Waals surface area contributed by atoms with E-state index in [1.54, 1.807) is 12.1 Å². The molecule has 4 rings (SSSR count). The van der Waals surface area contributed by atoms with Crippen LogP contribution in [0.25, 0.3) is 0 Å². The number of sulfone groups is 1. The number of methoxy groups -OCH3 is 1. The van der Waals surface area contributed by atoms with Crippen LogP contribution in [0.5, 0.6) is 11.5 Å². The van der Waals surface area contributed by atoms with Gasteiger partial charge in [-0.15, -0.1) is 12.4 Å². The average molecular weight is 514 g/mol. The molecule has 0 aromatic heterocycles. The van der Waals surface area contributed by atoms with Crippen LogP contribution in [0.1, 0.15) is 22.3 Å². The number of nitrogens with zero attached hydrogens (tertiary/aromatic N) is 1. The maximum Gasteiger partial charge on any atom is 0.416 e. The molecule has 0 spiro atoms. The molecule has 0 amide bonds. The Bertz CT molecular complexity index is 1280. The first-order chi connectivity index (χ1) is 15.6. The average Bonchev–Trinajstić information content (AvgIpc) is 3.15. The lowest BCUT2D eigenvalue weighted by atomic mass is 10.1. The summed E-state index contributed by atoms with van der Waals surface area (Å²) in [5.41, 5.74) is 1.58. The zero-order valence-corrected chi connectivity index (χ0v) is 20.1. The van der Waals surface area contributed by atoms with Gasteiger partial charge in [0, 0.05) is 13.1 Å². The van der Waals surface area contributed by atoms with Crippen molar-refractivity contribution in [2.45, 2.75) is 35.7 Å². The van der Waals surface area contributed by atoms with Gasteiger partial charge >= 0.3 is 6.18 Å². The summed E-state index contributed by atoms with van der Waals surface area (Å²) in [6.45, 7) is 1.30. The van der Waals surface area contributed by atoms with E-state index in [-0.39, 0.29) is 34.6 Å². The minimum Gasteiger partial charge on any atom is -0.495 e. The van der Waals surface area contributed by atoms with Gasteiger partial charge in [-0.25, -0.2) is 8.42 Å². The number of hydrogen-bond donors (Lipinski definition) is 0. The van der Waals surface area contributed by atoms with Crippen molar-refractivity contribution < 1.29 is 31.1 Å². The third kappa shape index (κ3) is 5.32. The van der Waals surface area contributed by atoms with Crippen LogP contribution in [0, 0.1) is 0 Å². The molecule has 0 radical (unpaired) electrons. The van der Waals surface area contributed by atoms with Crippen LogP contribution in [-0.4, -0.2) is 27.5 Å². The van der Waals surface area contributed by atoms with Crippen LogP contribution >= 0.6 is 12.4 Å². The van der Waals surface area contributed by atoms with Gasteiger partial charge in [-0.1, -0.05) is 12.1 Å². The fraction of sp³-hybridized carbons (Fsp3) is 0.250. The molecule has 1 aliphatic rings. The SMILES string of the molecule is COc1cc2c(cc1S(=O)(=O)c1ccc(OCc3cccc(C(F)(F)F)c3)cc1)CN(C)C2.Cl. The van der Waals surface area contributed by atoms with Gasteiger partial charge in [0.25, 0.3) is 0 Å². The maximum absolute atomic E-state index is 13.3. The first-order valence-corrected chi connectivity index (χ1v) is 11.6. The molecule has 3 aromatic rings. The summed E-state index contributed by atoms with van der Waals surface area (Å²) in [5, 5.41) is 0. The molecular formula is C24H23ClF3NO4S. The fourth-order valence-electron chi connectivity index (χ4n) is 3.79. The number of alkyl halides is 3.